The normalized spacial score (nSPS) is 12.9. The third-order valence-corrected chi connectivity index (χ3v) is 5.24. The Kier molecular flexibility index (Phi) is 4.82. The van der Waals surface area contributed by atoms with Crippen LogP contribution >= 0.6 is 23.6 Å². The van der Waals surface area contributed by atoms with Crippen molar-refractivity contribution in [1.82, 2.24) is 4.57 Å². The molecule has 1 aliphatic heterocycles. The van der Waals surface area contributed by atoms with E-state index in [0.717, 1.165) is 16.9 Å². The van der Waals surface area contributed by atoms with Crippen LogP contribution in [0.5, 0.6) is 5.88 Å². The van der Waals surface area contributed by atoms with Gasteiger partial charge >= 0.3 is 5.97 Å². The molecular formula is C17H16N2O4S2. The highest BCUT2D eigenvalue weighted by Gasteiger charge is 2.26. The van der Waals surface area contributed by atoms with Crippen LogP contribution in [0.4, 0.5) is 0 Å². The highest BCUT2D eigenvalue weighted by Crippen LogP contribution is 2.32. The average molecular weight is 376 g/mol. The van der Waals surface area contributed by atoms with E-state index in [1.165, 1.54) is 4.57 Å². The second-order valence-corrected chi connectivity index (χ2v) is 7.23. The van der Waals surface area contributed by atoms with E-state index in [-0.39, 0.29) is 12.4 Å². The van der Waals surface area contributed by atoms with Gasteiger partial charge in [0.05, 0.1) is 17.5 Å². The van der Waals surface area contributed by atoms with Crippen LogP contribution in [0.15, 0.2) is 23.2 Å². The third kappa shape index (κ3) is 3.14. The van der Waals surface area contributed by atoms with Crippen molar-refractivity contribution in [1.29, 1.82) is 0 Å². The Balaban J connectivity index is 2.09. The Morgan fingerprint density at radius 3 is 2.92 bits per heavy atom. The van der Waals surface area contributed by atoms with Crippen LogP contribution in [0.1, 0.15) is 23.8 Å². The number of aromatic nitrogens is 1. The number of rotatable bonds is 5. The monoisotopic (exact) mass is 376 g/mol. The molecule has 1 aromatic heterocycles. The molecule has 0 aliphatic carbocycles. The van der Waals surface area contributed by atoms with Crippen molar-refractivity contribution < 1.29 is 19.4 Å². The molecule has 3 rings (SSSR count). The molecule has 1 N–H and O–H groups in total. The average Bonchev–Trinajstić information content (AvgIpc) is 3.04. The molecule has 0 saturated heterocycles. The summed E-state index contributed by atoms with van der Waals surface area (Å²) in [5.74, 6) is -1.12. The first-order valence-electron chi connectivity index (χ1n) is 7.75. The SMILES string of the molecule is CCCOC(=O)Cn1c(O)c(C2=c3cccc(C)c3=NC2=O)sc1=S. The fraction of sp³-hybridized carbons (Fsp3) is 0.294. The summed E-state index contributed by atoms with van der Waals surface area (Å²) >= 11 is 6.33. The van der Waals surface area contributed by atoms with E-state index in [1.807, 2.05) is 26.0 Å². The summed E-state index contributed by atoms with van der Waals surface area (Å²) in [5, 5.41) is 11.8. The van der Waals surface area contributed by atoms with E-state index in [4.69, 9.17) is 17.0 Å². The van der Waals surface area contributed by atoms with Crippen LogP contribution in [0.2, 0.25) is 0 Å². The number of para-hydroxylation sites is 1. The van der Waals surface area contributed by atoms with Gasteiger partial charge in [-0.1, -0.05) is 25.1 Å². The Bertz CT molecular complexity index is 1050. The zero-order valence-electron chi connectivity index (χ0n) is 13.7. The van der Waals surface area contributed by atoms with E-state index < -0.39 is 11.9 Å². The highest BCUT2D eigenvalue weighted by atomic mass is 32.1. The van der Waals surface area contributed by atoms with Gasteiger partial charge in [-0.05, 0) is 31.1 Å². The number of benzene rings is 1. The maximum atomic E-state index is 12.4. The zero-order valence-corrected chi connectivity index (χ0v) is 15.4. The predicted molar refractivity (Wildman–Crippen MR) is 95.5 cm³/mol. The number of amides is 1. The fourth-order valence-electron chi connectivity index (χ4n) is 2.59. The lowest BCUT2D eigenvalue weighted by atomic mass is 10.1. The number of esters is 1. The summed E-state index contributed by atoms with van der Waals surface area (Å²) in [4.78, 5) is 28.6. The first kappa shape index (κ1) is 17.5. The van der Waals surface area contributed by atoms with Gasteiger partial charge in [0.1, 0.15) is 11.4 Å². The third-order valence-electron chi connectivity index (χ3n) is 3.78. The first-order chi connectivity index (χ1) is 11.9. The van der Waals surface area contributed by atoms with Crippen molar-refractivity contribution in [2.45, 2.75) is 26.8 Å². The lowest BCUT2D eigenvalue weighted by Crippen LogP contribution is -2.25. The van der Waals surface area contributed by atoms with Crippen molar-refractivity contribution in [2.24, 2.45) is 4.99 Å². The molecule has 0 saturated carbocycles. The molecule has 0 unspecified atom stereocenters. The van der Waals surface area contributed by atoms with Crippen LogP contribution in [-0.2, 0) is 20.9 Å². The molecule has 0 spiro atoms. The maximum Gasteiger partial charge on any atom is 0.326 e. The number of hydrogen-bond acceptors (Lipinski definition) is 6. The fourth-order valence-corrected chi connectivity index (χ4v) is 3.93. The molecule has 0 bridgehead atoms. The number of ether oxygens (including phenoxy) is 1. The number of aromatic hydroxyl groups is 1. The summed E-state index contributed by atoms with van der Waals surface area (Å²) in [6.07, 6.45) is 0.710. The minimum Gasteiger partial charge on any atom is -0.493 e. The van der Waals surface area contributed by atoms with Crippen LogP contribution < -0.4 is 10.6 Å². The molecule has 0 atom stereocenters. The van der Waals surface area contributed by atoms with Crippen molar-refractivity contribution in [3.8, 4) is 5.88 Å². The highest BCUT2D eigenvalue weighted by molar-refractivity contribution is 7.73. The second-order valence-electron chi connectivity index (χ2n) is 5.59. The number of carbonyl (C=O) groups excluding carboxylic acids is 2. The maximum absolute atomic E-state index is 12.4. The van der Waals surface area contributed by atoms with Gasteiger partial charge in [0.2, 0.25) is 5.88 Å². The Morgan fingerprint density at radius 1 is 1.44 bits per heavy atom. The van der Waals surface area contributed by atoms with Gasteiger partial charge < -0.3 is 9.84 Å². The van der Waals surface area contributed by atoms with Crippen molar-refractivity contribution in [3.05, 3.63) is 43.2 Å². The Morgan fingerprint density at radius 2 is 2.20 bits per heavy atom. The predicted octanol–water partition coefficient (Wildman–Crippen LogP) is 1.61. The van der Waals surface area contributed by atoms with E-state index in [2.05, 4.69) is 4.99 Å². The molecule has 8 heteroatoms. The molecule has 130 valence electrons. The van der Waals surface area contributed by atoms with Crippen LogP contribution in [-0.4, -0.2) is 28.2 Å². The molecule has 0 radical (unpaired) electrons. The molecule has 6 nitrogen and oxygen atoms in total. The summed E-state index contributed by atoms with van der Waals surface area (Å²) < 4.78 is 6.60. The smallest absolute Gasteiger partial charge is 0.326 e. The first-order valence-corrected chi connectivity index (χ1v) is 8.98. The molecule has 2 aromatic rings. The van der Waals surface area contributed by atoms with Crippen molar-refractivity contribution in [3.63, 3.8) is 0 Å². The standard InChI is InChI=1S/C17H16N2O4S2/c1-3-7-23-11(20)8-19-16(22)14(25-17(19)24)12-10-6-4-5-9(2)13(10)18-15(12)21/h4-6,22H,3,7-8H2,1-2H3. The van der Waals surface area contributed by atoms with Crippen LogP contribution in [0, 0.1) is 10.9 Å². The van der Waals surface area contributed by atoms with E-state index >= 15 is 0 Å². The lowest BCUT2D eigenvalue weighted by Gasteiger charge is -2.05. The van der Waals surface area contributed by atoms with Gasteiger partial charge in [-0.3, -0.25) is 14.2 Å². The number of hydrogen-bond donors (Lipinski definition) is 1. The number of aryl methyl sites for hydroxylation is 1. The second kappa shape index (κ2) is 6.89. The number of fused-ring (bicyclic) bond motifs is 1. The Labute approximate surface area is 152 Å². The Hall–Kier alpha value is -2.32. The quantitative estimate of drug-likeness (QED) is 0.633. The lowest BCUT2D eigenvalue weighted by molar-refractivity contribution is -0.144. The van der Waals surface area contributed by atoms with Gasteiger partial charge in [-0.2, -0.15) is 0 Å². The molecular weight excluding hydrogens is 360 g/mol. The number of nitrogens with zero attached hydrogens (tertiary/aromatic N) is 2. The van der Waals surface area contributed by atoms with Gasteiger partial charge in [-0.25, -0.2) is 4.99 Å². The van der Waals surface area contributed by atoms with Crippen LogP contribution in [0.3, 0.4) is 0 Å². The van der Waals surface area contributed by atoms with E-state index in [9.17, 15) is 14.7 Å². The largest absolute Gasteiger partial charge is 0.493 e. The minimum absolute atomic E-state index is 0.194. The summed E-state index contributed by atoms with van der Waals surface area (Å²) in [5.41, 5.74) is 1.19. The number of thiazole rings is 1. The molecule has 1 aromatic carbocycles. The minimum atomic E-state index is -0.485. The zero-order chi connectivity index (χ0) is 18.1. The van der Waals surface area contributed by atoms with Gasteiger partial charge in [0, 0.05) is 5.22 Å². The van der Waals surface area contributed by atoms with Crippen molar-refractivity contribution >= 4 is 41.0 Å². The van der Waals surface area contributed by atoms with E-state index in [0.29, 0.717) is 38.0 Å². The van der Waals surface area contributed by atoms with Gasteiger partial charge in [0.15, 0.2) is 3.95 Å². The summed E-state index contributed by atoms with van der Waals surface area (Å²) in [7, 11) is 0. The summed E-state index contributed by atoms with van der Waals surface area (Å²) in [6, 6.07) is 5.49. The molecule has 25 heavy (non-hydrogen) atoms. The molecule has 1 amide bonds. The van der Waals surface area contributed by atoms with Gasteiger partial charge in [-0.15, -0.1) is 11.3 Å². The van der Waals surface area contributed by atoms with Crippen LogP contribution in [0.25, 0.3) is 5.57 Å². The van der Waals surface area contributed by atoms with Gasteiger partial charge in [0.25, 0.3) is 5.91 Å². The van der Waals surface area contributed by atoms with Crippen molar-refractivity contribution in [2.75, 3.05) is 6.61 Å². The molecule has 2 heterocycles. The topological polar surface area (TPSA) is 80.9 Å². The molecule has 1 aliphatic rings. The van der Waals surface area contributed by atoms with E-state index in [1.54, 1.807) is 6.07 Å². The summed E-state index contributed by atoms with van der Waals surface area (Å²) in [6.45, 7) is 3.88. The number of carbonyl (C=O) groups is 2. The molecule has 0 fully saturated rings.